The number of carbonyl (C=O) groups excluding carboxylic acids is 2. The van der Waals surface area contributed by atoms with Gasteiger partial charge in [0.25, 0.3) is 5.78 Å². The maximum Gasteiger partial charge on any atom is 0.376 e. The van der Waals surface area contributed by atoms with Crippen molar-refractivity contribution >= 4 is 11.8 Å². The maximum absolute atomic E-state index is 13.3. The van der Waals surface area contributed by atoms with Crippen molar-refractivity contribution < 1.29 is 14.3 Å². The van der Waals surface area contributed by atoms with Crippen LogP contribution in [0.1, 0.15) is 22.3 Å². The minimum atomic E-state index is -0.882. The third kappa shape index (κ3) is 4.82. The summed E-state index contributed by atoms with van der Waals surface area (Å²) >= 11 is 0. The molecular formula is C30H27NO3. The van der Waals surface area contributed by atoms with E-state index in [1.54, 1.807) is 0 Å². The molecule has 0 saturated carbocycles. The van der Waals surface area contributed by atoms with Gasteiger partial charge in [0, 0.05) is 0 Å². The van der Waals surface area contributed by atoms with E-state index < -0.39 is 23.3 Å². The lowest BCUT2D eigenvalue weighted by Gasteiger charge is -2.39. The van der Waals surface area contributed by atoms with Gasteiger partial charge in [0.15, 0.2) is 0 Å². The molecule has 0 bridgehead atoms. The van der Waals surface area contributed by atoms with Crippen molar-refractivity contribution in [2.24, 2.45) is 0 Å². The average molecular weight is 450 g/mol. The van der Waals surface area contributed by atoms with Crippen molar-refractivity contribution in [2.45, 2.75) is 18.0 Å². The molecule has 0 spiro atoms. The lowest BCUT2D eigenvalue weighted by atomic mass is 9.76. The summed E-state index contributed by atoms with van der Waals surface area (Å²) in [6.45, 7) is 0. The van der Waals surface area contributed by atoms with Crippen molar-refractivity contribution in [1.29, 1.82) is 0 Å². The van der Waals surface area contributed by atoms with Crippen LogP contribution >= 0.6 is 0 Å². The number of esters is 1. The van der Waals surface area contributed by atoms with Gasteiger partial charge < -0.3 is 4.74 Å². The molecule has 4 aromatic carbocycles. The van der Waals surface area contributed by atoms with E-state index in [1.807, 2.05) is 121 Å². The largest absolute Gasteiger partial charge is 0.463 e. The van der Waals surface area contributed by atoms with Crippen LogP contribution in [-0.4, -0.2) is 24.9 Å². The Hall–Kier alpha value is -4.02. The Kier molecular flexibility index (Phi) is 7.31. The number of carbonyl (C=O) groups is 2. The minimum absolute atomic E-state index is 0.336. The Labute approximate surface area is 200 Å². The molecule has 4 nitrogen and oxygen atoms in total. The average Bonchev–Trinajstić information content (AvgIpc) is 2.92. The van der Waals surface area contributed by atoms with Crippen molar-refractivity contribution in [3.05, 3.63) is 144 Å². The van der Waals surface area contributed by atoms with Crippen molar-refractivity contribution in [1.82, 2.24) is 5.32 Å². The highest BCUT2D eigenvalue weighted by molar-refractivity contribution is 6.35. The van der Waals surface area contributed by atoms with Crippen LogP contribution in [0.15, 0.2) is 121 Å². The minimum Gasteiger partial charge on any atom is -0.463 e. The van der Waals surface area contributed by atoms with Gasteiger partial charge in [-0.05, 0) is 28.7 Å². The summed E-state index contributed by atoms with van der Waals surface area (Å²) in [6, 6.07) is 38.8. The van der Waals surface area contributed by atoms with Gasteiger partial charge in [-0.15, -0.1) is 0 Å². The molecule has 0 heterocycles. The number of ketones is 1. The first kappa shape index (κ1) is 23.1. The molecule has 1 atom stereocenters. The van der Waals surface area contributed by atoms with Gasteiger partial charge in [0.2, 0.25) is 0 Å². The molecule has 0 aliphatic heterocycles. The second kappa shape index (κ2) is 10.7. The third-order valence-corrected chi connectivity index (χ3v) is 6.00. The first-order chi connectivity index (χ1) is 16.6. The molecule has 4 aromatic rings. The summed E-state index contributed by atoms with van der Waals surface area (Å²) in [5, 5.41) is 3.63. The molecule has 0 saturated heterocycles. The van der Waals surface area contributed by atoms with Crippen LogP contribution in [0.5, 0.6) is 0 Å². The van der Waals surface area contributed by atoms with E-state index in [0.29, 0.717) is 6.42 Å². The molecule has 0 radical (unpaired) electrons. The quantitative estimate of drug-likeness (QED) is 0.224. The fraction of sp³-hybridized carbons (Fsp3) is 0.133. The normalized spacial score (nSPS) is 12.0. The Morgan fingerprint density at radius 3 is 1.44 bits per heavy atom. The maximum atomic E-state index is 13.3. The van der Waals surface area contributed by atoms with Gasteiger partial charge in [-0.25, -0.2) is 4.79 Å². The number of ether oxygens (including phenoxy) is 1. The van der Waals surface area contributed by atoms with E-state index in [2.05, 4.69) is 5.32 Å². The number of Topliss-reactive ketones (excluding diaryl/α,β-unsaturated/α-hetero) is 1. The van der Waals surface area contributed by atoms with Gasteiger partial charge >= 0.3 is 5.97 Å². The highest BCUT2D eigenvalue weighted by atomic mass is 16.5. The molecular weight excluding hydrogens is 422 g/mol. The monoisotopic (exact) mass is 449 g/mol. The van der Waals surface area contributed by atoms with Gasteiger partial charge in [0.05, 0.1) is 18.7 Å². The standard InChI is InChI=1S/C30H27NO3/c1-34-29(33)28(32)27(22-23-14-6-2-7-15-23)31-30(24-16-8-3-9-17-24,25-18-10-4-11-19-25)26-20-12-5-13-21-26/h2-21,27,31H,22H2,1H3/t27-/m0/s1. The molecule has 0 fully saturated rings. The van der Waals surface area contributed by atoms with Crippen LogP contribution in [0.2, 0.25) is 0 Å². The smallest absolute Gasteiger partial charge is 0.376 e. The zero-order valence-corrected chi connectivity index (χ0v) is 19.1. The van der Waals surface area contributed by atoms with Crippen LogP contribution in [0.4, 0.5) is 0 Å². The molecule has 0 unspecified atom stereocenters. The Morgan fingerprint density at radius 1 is 0.676 bits per heavy atom. The summed E-state index contributed by atoms with van der Waals surface area (Å²) in [6.07, 6.45) is 0.336. The molecule has 0 amide bonds. The van der Waals surface area contributed by atoms with Crippen molar-refractivity contribution in [3.8, 4) is 0 Å². The predicted molar refractivity (Wildman–Crippen MR) is 133 cm³/mol. The molecule has 4 heteroatoms. The van der Waals surface area contributed by atoms with Crippen LogP contribution < -0.4 is 5.32 Å². The highest BCUT2D eigenvalue weighted by Gasteiger charge is 2.41. The summed E-state index contributed by atoms with van der Waals surface area (Å²) in [5.74, 6) is -1.48. The summed E-state index contributed by atoms with van der Waals surface area (Å²) in [4.78, 5) is 25.7. The molecule has 0 aromatic heterocycles. The van der Waals surface area contributed by atoms with E-state index in [4.69, 9.17) is 4.74 Å². The van der Waals surface area contributed by atoms with Gasteiger partial charge in [-0.3, -0.25) is 10.1 Å². The van der Waals surface area contributed by atoms with Gasteiger partial charge in [-0.2, -0.15) is 0 Å². The molecule has 170 valence electrons. The molecule has 4 rings (SSSR count). The third-order valence-electron chi connectivity index (χ3n) is 6.00. The zero-order valence-electron chi connectivity index (χ0n) is 19.1. The van der Waals surface area contributed by atoms with E-state index >= 15 is 0 Å². The SMILES string of the molecule is COC(=O)C(=O)[C@H](Cc1ccccc1)NC(c1ccccc1)(c1ccccc1)c1ccccc1. The lowest BCUT2D eigenvalue weighted by molar-refractivity contribution is -0.152. The van der Waals surface area contributed by atoms with Crippen LogP contribution in [0.25, 0.3) is 0 Å². The molecule has 0 aliphatic rings. The second-order valence-corrected chi connectivity index (χ2v) is 8.09. The lowest BCUT2D eigenvalue weighted by Crippen LogP contribution is -2.54. The number of benzene rings is 4. The number of methoxy groups -OCH3 is 1. The Balaban J connectivity index is 1.92. The van der Waals surface area contributed by atoms with Crippen LogP contribution in [0.3, 0.4) is 0 Å². The molecule has 1 N–H and O–H groups in total. The number of rotatable bonds is 9. The van der Waals surface area contributed by atoms with Gasteiger partial charge in [-0.1, -0.05) is 121 Å². The van der Waals surface area contributed by atoms with E-state index in [0.717, 1.165) is 22.3 Å². The second-order valence-electron chi connectivity index (χ2n) is 8.09. The molecule has 0 aliphatic carbocycles. The van der Waals surface area contributed by atoms with E-state index in [1.165, 1.54) is 7.11 Å². The summed E-state index contributed by atoms with van der Waals surface area (Å²) < 4.78 is 4.83. The van der Waals surface area contributed by atoms with E-state index in [9.17, 15) is 9.59 Å². The van der Waals surface area contributed by atoms with Crippen LogP contribution in [0, 0.1) is 0 Å². The number of nitrogens with one attached hydrogen (secondary N) is 1. The predicted octanol–water partition coefficient (Wildman–Crippen LogP) is 4.92. The van der Waals surface area contributed by atoms with Crippen molar-refractivity contribution in [2.75, 3.05) is 7.11 Å². The Morgan fingerprint density at radius 2 is 1.06 bits per heavy atom. The zero-order chi connectivity index (χ0) is 23.8. The number of hydrogen-bond donors (Lipinski definition) is 1. The summed E-state index contributed by atoms with van der Waals surface area (Å²) in [7, 11) is 1.23. The fourth-order valence-electron chi connectivity index (χ4n) is 4.38. The first-order valence-corrected chi connectivity index (χ1v) is 11.3. The van der Waals surface area contributed by atoms with Crippen LogP contribution in [-0.2, 0) is 26.3 Å². The highest BCUT2D eigenvalue weighted by Crippen LogP contribution is 2.37. The summed E-state index contributed by atoms with van der Waals surface area (Å²) in [5.41, 5.74) is 2.95. The number of hydrogen-bond acceptors (Lipinski definition) is 4. The first-order valence-electron chi connectivity index (χ1n) is 11.3. The fourth-order valence-corrected chi connectivity index (χ4v) is 4.38. The van der Waals surface area contributed by atoms with Gasteiger partial charge in [0.1, 0.15) is 0 Å². The van der Waals surface area contributed by atoms with E-state index in [-0.39, 0.29) is 0 Å². The molecule has 34 heavy (non-hydrogen) atoms. The topological polar surface area (TPSA) is 55.4 Å². The Bertz CT molecular complexity index is 1110. The van der Waals surface area contributed by atoms with Crippen molar-refractivity contribution in [3.63, 3.8) is 0 Å².